The number of nitrogens with one attached hydrogen (secondary N) is 1. The number of imidazole rings is 1. The summed E-state index contributed by atoms with van der Waals surface area (Å²) in [6.45, 7) is 5.11. The van der Waals surface area contributed by atoms with Crippen LogP contribution in [0, 0.1) is 0 Å². The van der Waals surface area contributed by atoms with Gasteiger partial charge in [0.15, 0.2) is 5.82 Å². The van der Waals surface area contributed by atoms with Gasteiger partial charge in [-0.2, -0.15) is 0 Å². The summed E-state index contributed by atoms with van der Waals surface area (Å²) in [5.41, 5.74) is 3.62. The van der Waals surface area contributed by atoms with Crippen molar-refractivity contribution < 1.29 is 14.3 Å². The van der Waals surface area contributed by atoms with Crippen molar-refractivity contribution in [3.8, 4) is 10.7 Å². The summed E-state index contributed by atoms with van der Waals surface area (Å²) in [5.74, 6) is 0.312. The van der Waals surface area contributed by atoms with Crippen molar-refractivity contribution in [2.45, 2.75) is 46.1 Å². The summed E-state index contributed by atoms with van der Waals surface area (Å²) in [5, 5.41) is 3.58. The standard InChI is InChI=1S/C25H25N3O3S2/c1-3-14-28-17-10-6-5-9-16(17)26-22(28)19-12-13-20(32-19)23(29)27-24-21(25(30)31-4-2)15-8-7-11-18(15)33-24/h5-6,9-10,12-13H,3-4,7-8,11,14H2,1-2H3,(H,27,29). The number of carbonyl (C=O) groups is 2. The van der Waals surface area contributed by atoms with Crippen LogP contribution in [0.15, 0.2) is 36.4 Å². The zero-order valence-electron chi connectivity index (χ0n) is 18.6. The number of benzene rings is 1. The molecule has 0 saturated carbocycles. The zero-order chi connectivity index (χ0) is 22.9. The van der Waals surface area contributed by atoms with Crippen LogP contribution in [0.2, 0.25) is 0 Å². The number of hydrogen-bond donors (Lipinski definition) is 1. The first-order chi connectivity index (χ1) is 16.1. The molecule has 1 aromatic carbocycles. The van der Waals surface area contributed by atoms with E-state index >= 15 is 0 Å². The normalized spacial score (nSPS) is 12.8. The average Bonchev–Trinajstić information content (AvgIpc) is 3.57. The van der Waals surface area contributed by atoms with Crippen molar-refractivity contribution in [2.24, 2.45) is 0 Å². The van der Waals surface area contributed by atoms with Crippen LogP contribution in [0.1, 0.15) is 57.2 Å². The summed E-state index contributed by atoms with van der Waals surface area (Å²) >= 11 is 2.91. The molecule has 0 atom stereocenters. The lowest BCUT2D eigenvalue weighted by Gasteiger charge is -2.07. The van der Waals surface area contributed by atoms with Crippen LogP contribution in [0.3, 0.4) is 0 Å². The quantitative estimate of drug-likeness (QED) is 0.323. The van der Waals surface area contributed by atoms with E-state index in [1.807, 2.05) is 30.3 Å². The van der Waals surface area contributed by atoms with Gasteiger partial charge >= 0.3 is 5.97 Å². The average molecular weight is 480 g/mol. The van der Waals surface area contributed by atoms with Gasteiger partial charge in [0.2, 0.25) is 0 Å². The van der Waals surface area contributed by atoms with Crippen molar-refractivity contribution in [3.63, 3.8) is 0 Å². The van der Waals surface area contributed by atoms with Crippen LogP contribution >= 0.6 is 22.7 Å². The SMILES string of the molecule is CCCn1c(-c2ccc(C(=O)Nc3sc4c(c3C(=O)OCC)CCC4)s2)nc2ccccc21. The molecule has 6 nitrogen and oxygen atoms in total. The molecule has 0 spiro atoms. The lowest BCUT2D eigenvalue weighted by molar-refractivity contribution is 0.0527. The Morgan fingerprint density at radius 1 is 1.12 bits per heavy atom. The summed E-state index contributed by atoms with van der Waals surface area (Å²) < 4.78 is 7.49. The molecule has 0 radical (unpaired) electrons. The summed E-state index contributed by atoms with van der Waals surface area (Å²) in [6.07, 6.45) is 3.83. The Bertz CT molecular complexity index is 1350. The highest BCUT2D eigenvalue weighted by molar-refractivity contribution is 7.18. The Labute approximate surface area is 200 Å². The van der Waals surface area contributed by atoms with Gasteiger partial charge in [-0.05, 0) is 62.4 Å². The molecule has 0 fully saturated rings. The molecule has 0 saturated heterocycles. The highest BCUT2D eigenvalue weighted by Gasteiger charge is 2.29. The number of hydrogen-bond acceptors (Lipinski definition) is 6. The molecule has 0 bridgehead atoms. The van der Waals surface area contributed by atoms with Gasteiger partial charge in [0.1, 0.15) is 5.00 Å². The number of nitrogens with zero attached hydrogens (tertiary/aromatic N) is 2. The van der Waals surface area contributed by atoms with E-state index in [0.717, 1.165) is 59.5 Å². The number of anilines is 1. The van der Waals surface area contributed by atoms with Crippen LogP contribution < -0.4 is 5.32 Å². The minimum absolute atomic E-state index is 0.213. The van der Waals surface area contributed by atoms with E-state index in [1.54, 1.807) is 6.92 Å². The lowest BCUT2D eigenvalue weighted by Crippen LogP contribution is -2.14. The predicted molar refractivity (Wildman–Crippen MR) is 134 cm³/mol. The third-order valence-electron chi connectivity index (χ3n) is 5.78. The first kappa shape index (κ1) is 21.9. The smallest absolute Gasteiger partial charge is 0.341 e. The molecule has 33 heavy (non-hydrogen) atoms. The number of aryl methyl sites for hydroxylation is 2. The van der Waals surface area contributed by atoms with Crippen LogP contribution in [0.5, 0.6) is 0 Å². The van der Waals surface area contributed by atoms with Gasteiger partial charge < -0.3 is 14.6 Å². The first-order valence-electron chi connectivity index (χ1n) is 11.3. The topological polar surface area (TPSA) is 73.2 Å². The second-order valence-electron chi connectivity index (χ2n) is 7.98. The molecule has 1 amide bonds. The molecule has 4 aromatic rings. The fraction of sp³-hybridized carbons (Fsp3) is 0.320. The lowest BCUT2D eigenvalue weighted by atomic mass is 10.1. The fourth-order valence-electron chi connectivity index (χ4n) is 4.37. The summed E-state index contributed by atoms with van der Waals surface area (Å²) in [7, 11) is 0. The highest BCUT2D eigenvalue weighted by atomic mass is 32.1. The van der Waals surface area contributed by atoms with E-state index in [4.69, 9.17) is 9.72 Å². The minimum Gasteiger partial charge on any atom is -0.462 e. The molecular weight excluding hydrogens is 454 g/mol. The van der Waals surface area contributed by atoms with Gasteiger partial charge in [-0.1, -0.05) is 19.1 Å². The molecule has 1 aliphatic rings. The molecular formula is C25H25N3O3S2. The Morgan fingerprint density at radius 2 is 1.97 bits per heavy atom. The monoisotopic (exact) mass is 479 g/mol. The Balaban J connectivity index is 1.44. The number of ether oxygens (including phenoxy) is 1. The number of fused-ring (bicyclic) bond motifs is 2. The van der Waals surface area contributed by atoms with E-state index in [1.165, 1.54) is 27.6 Å². The maximum absolute atomic E-state index is 13.1. The molecule has 3 heterocycles. The highest BCUT2D eigenvalue weighted by Crippen LogP contribution is 2.40. The predicted octanol–water partition coefficient (Wildman–Crippen LogP) is 6.15. The van der Waals surface area contributed by atoms with Crippen LogP contribution in [-0.4, -0.2) is 28.0 Å². The molecule has 1 N–H and O–H groups in total. The number of para-hydroxylation sites is 2. The van der Waals surface area contributed by atoms with Gasteiger partial charge in [-0.25, -0.2) is 9.78 Å². The molecule has 0 unspecified atom stereocenters. The van der Waals surface area contributed by atoms with E-state index < -0.39 is 0 Å². The number of aromatic nitrogens is 2. The molecule has 170 valence electrons. The van der Waals surface area contributed by atoms with Crippen LogP contribution in [0.25, 0.3) is 21.7 Å². The summed E-state index contributed by atoms with van der Waals surface area (Å²) in [6, 6.07) is 11.9. The van der Waals surface area contributed by atoms with Crippen LogP contribution in [0.4, 0.5) is 5.00 Å². The Morgan fingerprint density at radius 3 is 2.79 bits per heavy atom. The minimum atomic E-state index is -0.354. The van der Waals surface area contributed by atoms with E-state index in [9.17, 15) is 9.59 Å². The first-order valence-corrected chi connectivity index (χ1v) is 12.9. The molecule has 3 aromatic heterocycles. The third kappa shape index (κ3) is 3.98. The molecule has 5 rings (SSSR count). The van der Waals surface area contributed by atoms with Gasteiger partial charge in [-0.15, -0.1) is 22.7 Å². The molecule has 1 aliphatic carbocycles. The van der Waals surface area contributed by atoms with E-state index in [2.05, 4.69) is 22.9 Å². The zero-order valence-corrected chi connectivity index (χ0v) is 20.3. The maximum atomic E-state index is 13.1. The number of esters is 1. The van der Waals surface area contributed by atoms with Crippen molar-refractivity contribution >= 4 is 50.6 Å². The van der Waals surface area contributed by atoms with E-state index in [0.29, 0.717) is 22.0 Å². The fourth-order valence-corrected chi connectivity index (χ4v) is 6.54. The second-order valence-corrected chi connectivity index (χ2v) is 10.2. The van der Waals surface area contributed by atoms with Gasteiger partial charge in [0.25, 0.3) is 5.91 Å². The Kier molecular flexibility index (Phi) is 6.03. The van der Waals surface area contributed by atoms with Crippen LogP contribution in [-0.2, 0) is 24.1 Å². The molecule has 0 aliphatic heterocycles. The third-order valence-corrected chi connectivity index (χ3v) is 8.07. The van der Waals surface area contributed by atoms with Crippen molar-refractivity contribution in [1.82, 2.24) is 9.55 Å². The van der Waals surface area contributed by atoms with Crippen molar-refractivity contribution in [2.75, 3.05) is 11.9 Å². The maximum Gasteiger partial charge on any atom is 0.341 e. The number of rotatable bonds is 7. The number of amides is 1. The summed E-state index contributed by atoms with van der Waals surface area (Å²) in [4.78, 5) is 33.3. The van der Waals surface area contributed by atoms with Crippen molar-refractivity contribution in [1.29, 1.82) is 0 Å². The number of thiophene rings is 2. The second kappa shape index (κ2) is 9.11. The Hall–Kier alpha value is -2.97. The van der Waals surface area contributed by atoms with Gasteiger partial charge in [-0.3, -0.25) is 4.79 Å². The largest absolute Gasteiger partial charge is 0.462 e. The number of carbonyl (C=O) groups excluding carboxylic acids is 2. The van der Waals surface area contributed by atoms with Gasteiger partial charge in [0, 0.05) is 11.4 Å². The molecule has 8 heteroatoms. The van der Waals surface area contributed by atoms with Crippen molar-refractivity contribution in [3.05, 3.63) is 57.3 Å². The van der Waals surface area contributed by atoms with E-state index in [-0.39, 0.29) is 11.9 Å². The van der Waals surface area contributed by atoms with Gasteiger partial charge in [0.05, 0.1) is 33.0 Å².